The summed E-state index contributed by atoms with van der Waals surface area (Å²) in [5.74, 6) is 0.0354. The van der Waals surface area contributed by atoms with Crippen LogP contribution in [0.25, 0.3) is 0 Å². The molecular formula is C9H18N2O2. The van der Waals surface area contributed by atoms with E-state index in [2.05, 4.69) is 5.43 Å². The van der Waals surface area contributed by atoms with Crippen molar-refractivity contribution in [2.75, 3.05) is 6.54 Å². The number of carbonyl (C=O) groups is 2. The number of rotatable bonds is 5. The van der Waals surface area contributed by atoms with Crippen LogP contribution in [0.4, 0.5) is 0 Å². The molecule has 0 aromatic rings. The molecule has 0 saturated heterocycles. The molecule has 1 N–H and O–H groups in total. The molecule has 0 radical (unpaired) electrons. The van der Waals surface area contributed by atoms with Crippen molar-refractivity contribution in [3.8, 4) is 0 Å². The highest BCUT2D eigenvalue weighted by Crippen LogP contribution is 1.96. The Kier molecular flexibility index (Phi) is 5.30. The fourth-order valence-corrected chi connectivity index (χ4v) is 0.923. The maximum atomic E-state index is 10.8. The minimum atomic E-state index is -0.0998. The van der Waals surface area contributed by atoms with Crippen LogP contribution in [0.2, 0.25) is 0 Å². The molecular weight excluding hydrogens is 168 g/mol. The highest BCUT2D eigenvalue weighted by atomic mass is 16.2. The molecule has 0 saturated carbocycles. The lowest BCUT2D eigenvalue weighted by atomic mass is 10.3. The minimum Gasteiger partial charge on any atom is -0.300 e. The summed E-state index contributed by atoms with van der Waals surface area (Å²) in [4.78, 5) is 21.5. The molecule has 4 nitrogen and oxygen atoms in total. The van der Waals surface area contributed by atoms with Gasteiger partial charge in [0.25, 0.3) is 0 Å². The molecule has 0 aliphatic carbocycles. The van der Waals surface area contributed by atoms with Crippen molar-refractivity contribution in [1.82, 2.24) is 10.4 Å². The fraction of sp³-hybridized carbons (Fsp3) is 0.778. The Morgan fingerprint density at radius 2 is 1.85 bits per heavy atom. The van der Waals surface area contributed by atoms with Crippen molar-refractivity contribution < 1.29 is 9.59 Å². The third-order valence-corrected chi connectivity index (χ3v) is 1.63. The number of amides is 1. The third-order valence-electron chi connectivity index (χ3n) is 1.63. The maximum Gasteiger partial charge on any atom is 0.231 e. The summed E-state index contributed by atoms with van der Waals surface area (Å²) in [5.41, 5.74) is 2.68. The van der Waals surface area contributed by atoms with Crippen molar-refractivity contribution in [2.24, 2.45) is 0 Å². The zero-order valence-electron chi connectivity index (χ0n) is 8.76. The molecule has 0 aliphatic rings. The van der Waals surface area contributed by atoms with Gasteiger partial charge < -0.3 is 0 Å². The number of carbonyl (C=O) groups excluding carboxylic acids is 2. The zero-order valence-corrected chi connectivity index (χ0v) is 8.76. The van der Waals surface area contributed by atoms with Gasteiger partial charge >= 0.3 is 0 Å². The Bertz CT molecular complexity index is 190. The maximum absolute atomic E-state index is 10.8. The van der Waals surface area contributed by atoms with Crippen molar-refractivity contribution in [3.05, 3.63) is 0 Å². The van der Waals surface area contributed by atoms with E-state index in [9.17, 15) is 9.59 Å². The zero-order chi connectivity index (χ0) is 10.4. The average molecular weight is 186 g/mol. The van der Waals surface area contributed by atoms with E-state index in [4.69, 9.17) is 0 Å². The van der Waals surface area contributed by atoms with Gasteiger partial charge in [-0.25, -0.2) is 5.01 Å². The summed E-state index contributed by atoms with van der Waals surface area (Å²) in [6.45, 7) is 7.52. The fourth-order valence-electron chi connectivity index (χ4n) is 0.923. The Hall–Kier alpha value is -0.900. The topological polar surface area (TPSA) is 49.4 Å². The van der Waals surface area contributed by atoms with Crippen LogP contribution in [0.5, 0.6) is 0 Å². The first kappa shape index (κ1) is 12.1. The van der Waals surface area contributed by atoms with Gasteiger partial charge in [0, 0.05) is 25.9 Å². The molecule has 1 amide bonds. The normalized spacial score (nSPS) is 10.6. The Morgan fingerprint density at radius 3 is 2.15 bits per heavy atom. The van der Waals surface area contributed by atoms with E-state index in [1.54, 1.807) is 11.9 Å². The number of nitrogens with zero attached hydrogens (tertiary/aromatic N) is 1. The minimum absolute atomic E-state index is 0.0998. The van der Waals surface area contributed by atoms with Crippen LogP contribution in [-0.4, -0.2) is 29.3 Å². The molecule has 76 valence electrons. The van der Waals surface area contributed by atoms with Gasteiger partial charge in [-0.3, -0.25) is 15.0 Å². The van der Waals surface area contributed by atoms with Gasteiger partial charge in [-0.1, -0.05) is 0 Å². The molecule has 0 aromatic heterocycles. The highest BCUT2D eigenvalue weighted by molar-refractivity contribution is 5.75. The van der Waals surface area contributed by atoms with Crippen LogP contribution < -0.4 is 5.43 Å². The number of ketones is 1. The average Bonchev–Trinajstić information content (AvgIpc) is 1.96. The lowest BCUT2D eigenvalue weighted by Crippen LogP contribution is -2.46. The van der Waals surface area contributed by atoms with Crippen LogP contribution in [0.3, 0.4) is 0 Å². The van der Waals surface area contributed by atoms with Crippen molar-refractivity contribution >= 4 is 11.7 Å². The van der Waals surface area contributed by atoms with Gasteiger partial charge in [-0.05, 0) is 20.8 Å². The van der Waals surface area contributed by atoms with Crippen LogP contribution in [0.1, 0.15) is 34.1 Å². The van der Waals surface area contributed by atoms with Gasteiger partial charge in [0.15, 0.2) is 0 Å². The smallest absolute Gasteiger partial charge is 0.231 e. The summed E-state index contributed by atoms with van der Waals surface area (Å²) in [6.07, 6.45) is 0.471. The number of nitrogens with one attached hydrogen (secondary N) is 1. The number of hydrogen-bond donors (Lipinski definition) is 1. The van der Waals surface area contributed by atoms with Gasteiger partial charge in [0.1, 0.15) is 5.78 Å². The molecule has 0 bridgehead atoms. The summed E-state index contributed by atoms with van der Waals surface area (Å²) >= 11 is 0. The lowest BCUT2D eigenvalue weighted by Gasteiger charge is -2.25. The van der Waals surface area contributed by atoms with Crippen LogP contribution >= 0.6 is 0 Å². The molecule has 0 rings (SSSR count). The summed E-state index contributed by atoms with van der Waals surface area (Å²) in [5, 5.41) is 1.77. The van der Waals surface area contributed by atoms with E-state index >= 15 is 0 Å². The highest BCUT2D eigenvalue weighted by Gasteiger charge is 2.10. The monoisotopic (exact) mass is 186 g/mol. The lowest BCUT2D eigenvalue weighted by molar-refractivity contribution is -0.126. The molecule has 0 atom stereocenters. The second kappa shape index (κ2) is 5.70. The molecule has 0 fully saturated rings. The number of hydrogen-bond acceptors (Lipinski definition) is 3. The van der Waals surface area contributed by atoms with Gasteiger partial charge in [-0.2, -0.15) is 0 Å². The molecule has 0 aromatic carbocycles. The second-order valence-corrected chi connectivity index (χ2v) is 3.41. The number of Topliss-reactive ketones (excluding diaryl/α,β-unsaturated/α-hetero) is 1. The van der Waals surface area contributed by atoms with Gasteiger partial charge in [0.2, 0.25) is 5.91 Å². The second-order valence-electron chi connectivity index (χ2n) is 3.41. The predicted molar refractivity (Wildman–Crippen MR) is 51.0 cm³/mol. The molecule has 0 unspecified atom stereocenters. The molecule has 0 heterocycles. The third kappa shape index (κ3) is 6.28. The predicted octanol–water partition coefficient (Wildman–Crippen LogP) is 0.727. The standard InChI is InChI=1S/C9H18N2O2/c1-7(2)11(10-9(4)13)6-5-8(3)12/h7H,5-6H2,1-4H3,(H,10,13). The van der Waals surface area contributed by atoms with Crippen molar-refractivity contribution in [1.29, 1.82) is 0 Å². The molecule has 13 heavy (non-hydrogen) atoms. The Balaban J connectivity index is 3.95. The Morgan fingerprint density at radius 1 is 1.31 bits per heavy atom. The van der Waals surface area contributed by atoms with E-state index in [-0.39, 0.29) is 17.7 Å². The first-order valence-corrected chi connectivity index (χ1v) is 4.46. The molecule has 4 heteroatoms. The summed E-state index contributed by atoms with van der Waals surface area (Å²) in [6, 6.07) is 0.211. The van der Waals surface area contributed by atoms with Crippen LogP contribution in [0, 0.1) is 0 Å². The van der Waals surface area contributed by atoms with E-state index in [1.165, 1.54) is 6.92 Å². The van der Waals surface area contributed by atoms with E-state index < -0.39 is 0 Å². The summed E-state index contributed by atoms with van der Waals surface area (Å²) < 4.78 is 0. The Labute approximate surface area is 79.3 Å². The summed E-state index contributed by atoms with van der Waals surface area (Å²) in [7, 11) is 0. The van der Waals surface area contributed by atoms with E-state index in [1.807, 2.05) is 13.8 Å². The van der Waals surface area contributed by atoms with Gasteiger partial charge in [0.05, 0.1) is 0 Å². The SMILES string of the molecule is CC(=O)CCN(NC(C)=O)C(C)C. The van der Waals surface area contributed by atoms with Crippen LogP contribution in [-0.2, 0) is 9.59 Å². The first-order valence-electron chi connectivity index (χ1n) is 4.46. The molecule has 0 spiro atoms. The first-order chi connectivity index (χ1) is 5.93. The van der Waals surface area contributed by atoms with Crippen molar-refractivity contribution in [2.45, 2.75) is 40.2 Å². The van der Waals surface area contributed by atoms with E-state index in [0.717, 1.165) is 0 Å². The molecule has 0 aliphatic heterocycles. The van der Waals surface area contributed by atoms with Crippen LogP contribution in [0.15, 0.2) is 0 Å². The van der Waals surface area contributed by atoms with Gasteiger partial charge in [-0.15, -0.1) is 0 Å². The quantitative estimate of drug-likeness (QED) is 0.644. The van der Waals surface area contributed by atoms with Crippen molar-refractivity contribution in [3.63, 3.8) is 0 Å². The largest absolute Gasteiger partial charge is 0.300 e. The van der Waals surface area contributed by atoms with E-state index in [0.29, 0.717) is 13.0 Å². The number of hydrazine groups is 1.